The maximum atomic E-state index is 4.36. The highest BCUT2D eigenvalue weighted by Gasteiger charge is 2.14. The molecule has 0 aliphatic carbocycles. The van der Waals surface area contributed by atoms with E-state index in [0.29, 0.717) is 6.04 Å². The van der Waals surface area contributed by atoms with Gasteiger partial charge in [-0.25, -0.2) is 0 Å². The van der Waals surface area contributed by atoms with E-state index in [2.05, 4.69) is 23.3 Å². The number of hydrogen-bond donors (Lipinski definition) is 1. The molecule has 0 amide bonds. The Morgan fingerprint density at radius 1 is 1.62 bits per heavy atom. The standard InChI is InChI=1S/C11H16N2/c1-9-4-6-13-11(7-9)8-10-3-2-5-12-10/h4,6-7,10,12H,2-3,5,8H2,1H3/t10-/m1/s1. The Bertz CT molecular complexity index is 277. The molecule has 70 valence electrons. The number of rotatable bonds is 2. The van der Waals surface area contributed by atoms with Crippen molar-refractivity contribution in [3.63, 3.8) is 0 Å². The topological polar surface area (TPSA) is 24.9 Å². The summed E-state index contributed by atoms with van der Waals surface area (Å²) in [4.78, 5) is 4.36. The lowest BCUT2D eigenvalue weighted by Gasteiger charge is -2.09. The van der Waals surface area contributed by atoms with Gasteiger partial charge in [0.05, 0.1) is 0 Å². The summed E-state index contributed by atoms with van der Waals surface area (Å²) in [6, 6.07) is 4.89. The molecule has 0 bridgehead atoms. The summed E-state index contributed by atoms with van der Waals surface area (Å²) < 4.78 is 0. The Hall–Kier alpha value is -0.890. The lowest BCUT2D eigenvalue weighted by atomic mass is 10.1. The molecule has 0 saturated carbocycles. The number of aryl methyl sites for hydroxylation is 1. The van der Waals surface area contributed by atoms with Gasteiger partial charge in [-0.05, 0) is 44.0 Å². The van der Waals surface area contributed by atoms with Gasteiger partial charge in [-0.2, -0.15) is 0 Å². The van der Waals surface area contributed by atoms with Crippen LogP contribution in [0.2, 0.25) is 0 Å². The van der Waals surface area contributed by atoms with Crippen LogP contribution in [0, 0.1) is 6.92 Å². The van der Waals surface area contributed by atoms with Gasteiger partial charge in [0.1, 0.15) is 0 Å². The first kappa shape index (κ1) is 8.70. The fraction of sp³-hybridized carbons (Fsp3) is 0.545. The van der Waals surface area contributed by atoms with Gasteiger partial charge < -0.3 is 5.32 Å². The third kappa shape index (κ3) is 2.28. The van der Waals surface area contributed by atoms with E-state index in [1.165, 1.54) is 30.6 Å². The molecular weight excluding hydrogens is 160 g/mol. The number of aromatic nitrogens is 1. The largest absolute Gasteiger partial charge is 0.314 e. The van der Waals surface area contributed by atoms with Crippen molar-refractivity contribution in [3.8, 4) is 0 Å². The molecule has 0 unspecified atom stereocenters. The lowest BCUT2D eigenvalue weighted by Crippen LogP contribution is -2.24. The maximum Gasteiger partial charge on any atom is 0.0421 e. The highest BCUT2D eigenvalue weighted by atomic mass is 14.9. The fourth-order valence-electron chi connectivity index (χ4n) is 1.89. The average molecular weight is 176 g/mol. The van der Waals surface area contributed by atoms with Crippen molar-refractivity contribution in [2.75, 3.05) is 6.54 Å². The number of hydrogen-bond acceptors (Lipinski definition) is 2. The van der Waals surface area contributed by atoms with Crippen molar-refractivity contribution in [2.45, 2.75) is 32.2 Å². The van der Waals surface area contributed by atoms with Crippen molar-refractivity contribution in [3.05, 3.63) is 29.6 Å². The molecule has 13 heavy (non-hydrogen) atoms. The summed E-state index contributed by atoms with van der Waals surface area (Å²) in [5, 5.41) is 3.48. The molecule has 1 fully saturated rings. The van der Waals surface area contributed by atoms with E-state index in [4.69, 9.17) is 0 Å². The minimum atomic E-state index is 0.661. The second-order valence-corrected chi connectivity index (χ2v) is 3.82. The predicted octanol–water partition coefficient (Wildman–Crippen LogP) is 1.68. The van der Waals surface area contributed by atoms with E-state index in [-0.39, 0.29) is 0 Å². The first-order valence-corrected chi connectivity index (χ1v) is 4.99. The van der Waals surface area contributed by atoms with Crippen molar-refractivity contribution in [1.29, 1.82) is 0 Å². The molecule has 1 atom stereocenters. The van der Waals surface area contributed by atoms with Crippen LogP contribution in [0.5, 0.6) is 0 Å². The molecule has 2 heterocycles. The van der Waals surface area contributed by atoms with Gasteiger partial charge in [-0.1, -0.05) is 0 Å². The molecule has 0 aromatic carbocycles. The van der Waals surface area contributed by atoms with Crippen LogP contribution < -0.4 is 5.32 Å². The molecule has 1 aliphatic rings. The molecule has 1 aliphatic heterocycles. The highest BCUT2D eigenvalue weighted by molar-refractivity contribution is 5.15. The van der Waals surface area contributed by atoms with E-state index in [0.717, 1.165) is 6.42 Å². The van der Waals surface area contributed by atoms with Gasteiger partial charge in [0.25, 0.3) is 0 Å². The molecule has 0 spiro atoms. The Kier molecular flexibility index (Phi) is 2.60. The number of nitrogens with zero attached hydrogens (tertiary/aromatic N) is 1. The van der Waals surface area contributed by atoms with Crippen LogP contribution in [0.15, 0.2) is 18.3 Å². The Balaban J connectivity index is 2.00. The summed E-state index contributed by atoms with van der Waals surface area (Å²) >= 11 is 0. The molecule has 1 N–H and O–H groups in total. The second-order valence-electron chi connectivity index (χ2n) is 3.82. The third-order valence-corrected chi connectivity index (χ3v) is 2.59. The average Bonchev–Trinajstić information content (AvgIpc) is 2.57. The SMILES string of the molecule is Cc1ccnc(C[C@H]2CCCN2)c1. The molecule has 2 nitrogen and oxygen atoms in total. The van der Waals surface area contributed by atoms with Crippen molar-refractivity contribution < 1.29 is 0 Å². The van der Waals surface area contributed by atoms with E-state index in [1.807, 2.05) is 12.3 Å². The first-order chi connectivity index (χ1) is 6.34. The van der Waals surface area contributed by atoms with Crippen LogP contribution in [0.3, 0.4) is 0 Å². The Morgan fingerprint density at radius 2 is 2.54 bits per heavy atom. The zero-order chi connectivity index (χ0) is 9.10. The first-order valence-electron chi connectivity index (χ1n) is 4.99. The van der Waals surface area contributed by atoms with Crippen molar-refractivity contribution in [2.24, 2.45) is 0 Å². The molecule has 1 aromatic rings. The highest BCUT2D eigenvalue weighted by Crippen LogP contribution is 2.11. The minimum absolute atomic E-state index is 0.661. The molecular formula is C11H16N2. The lowest BCUT2D eigenvalue weighted by molar-refractivity contribution is 0.595. The van der Waals surface area contributed by atoms with Gasteiger partial charge in [0.15, 0.2) is 0 Å². The summed E-state index contributed by atoms with van der Waals surface area (Å²) in [7, 11) is 0. The van der Waals surface area contributed by atoms with E-state index in [1.54, 1.807) is 0 Å². The van der Waals surface area contributed by atoms with Gasteiger partial charge >= 0.3 is 0 Å². The van der Waals surface area contributed by atoms with Crippen LogP contribution in [-0.4, -0.2) is 17.6 Å². The Morgan fingerprint density at radius 3 is 3.23 bits per heavy atom. The van der Waals surface area contributed by atoms with Crippen LogP contribution in [-0.2, 0) is 6.42 Å². The van der Waals surface area contributed by atoms with Gasteiger partial charge in [0, 0.05) is 24.4 Å². The normalized spacial score (nSPS) is 22.1. The quantitative estimate of drug-likeness (QED) is 0.741. The zero-order valence-electron chi connectivity index (χ0n) is 8.09. The Labute approximate surface area is 79.4 Å². The van der Waals surface area contributed by atoms with Crippen LogP contribution in [0.25, 0.3) is 0 Å². The van der Waals surface area contributed by atoms with Gasteiger partial charge in [-0.3, -0.25) is 4.98 Å². The van der Waals surface area contributed by atoms with Crippen LogP contribution >= 0.6 is 0 Å². The summed E-state index contributed by atoms with van der Waals surface area (Å²) in [5.41, 5.74) is 2.53. The van der Waals surface area contributed by atoms with E-state index < -0.39 is 0 Å². The molecule has 1 saturated heterocycles. The summed E-state index contributed by atoms with van der Waals surface area (Å²) in [6.45, 7) is 3.30. The summed E-state index contributed by atoms with van der Waals surface area (Å²) in [6.07, 6.45) is 5.60. The molecule has 0 radical (unpaired) electrons. The fourth-order valence-corrected chi connectivity index (χ4v) is 1.89. The predicted molar refractivity (Wildman–Crippen MR) is 53.7 cm³/mol. The number of pyridine rings is 1. The van der Waals surface area contributed by atoms with E-state index in [9.17, 15) is 0 Å². The van der Waals surface area contributed by atoms with Crippen molar-refractivity contribution >= 4 is 0 Å². The van der Waals surface area contributed by atoms with Crippen LogP contribution in [0.1, 0.15) is 24.1 Å². The zero-order valence-corrected chi connectivity index (χ0v) is 8.09. The van der Waals surface area contributed by atoms with Gasteiger partial charge in [-0.15, -0.1) is 0 Å². The smallest absolute Gasteiger partial charge is 0.0421 e. The van der Waals surface area contributed by atoms with E-state index >= 15 is 0 Å². The van der Waals surface area contributed by atoms with Crippen molar-refractivity contribution in [1.82, 2.24) is 10.3 Å². The van der Waals surface area contributed by atoms with Gasteiger partial charge in [0.2, 0.25) is 0 Å². The van der Waals surface area contributed by atoms with Crippen LogP contribution in [0.4, 0.5) is 0 Å². The molecule has 2 rings (SSSR count). The number of nitrogens with one attached hydrogen (secondary N) is 1. The molecule has 2 heteroatoms. The maximum absolute atomic E-state index is 4.36. The minimum Gasteiger partial charge on any atom is -0.314 e. The summed E-state index contributed by atoms with van der Waals surface area (Å²) in [5.74, 6) is 0. The molecule has 1 aromatic heterocycles. The monoisotopic (exact) mass is 176 g/mol. The third-order valence-electron chi connectivity index (χ3n) is 2.59. The second kappa shape index (κ2) is 3.88.